The Morgan fingerprint density at radius 2 is 0.476 bits per heavy atom. The molecule has 0 fully saturated rings. The summed E-state index contributed by atoms with van der Waals surface area (Å²) in [6.45, 7) is 6.40. The predicted molar refractivity (Wildman–Crippen MR) is 357 cm³/mol. The highest BCUT2D eigenvalue weighted by Crippen LogP contribution is 2.16. The van der Waals surface area contributed by atoms with Crippen LogP contribution in [-0.4, -0.2) is 37.2 Å². The Bertz CT molecular complexity index is 1730. The number of carbonyl (C=O) groups is 3. The van der Waals surface area contributed by atoms with E-state index in [1.54, 1.807) is 0 Å². The summed E-state index contributed by atoms with van der Waals surface area (Å²) in [6, 6.07) is 0. The van der Waals surface area contributed by atoms with Crippen molar-refractivity contribution >= 4 is 17.9 Å². The van der Waals surface area contributed by atoms with Crippen LogP contribution in [0.15, 0.2) is 134 Å². The Hall–Kier alpha value is -4.45. The van der Waals surface area contributed by atoms with Gasteiger partial charge in [-0.25, -0.2) is 0 Å². The first-order valence-corrected chi connectivity index (χ1v) is 34.2. The molecule has 0 heterocycles. The van der Waals surface area contributed by atoms with Crippen LogP contribution in [0.4, 0.5) is 0 Å². The molecule has 0 aromatic rings. The number of hydrogen-bond donors (Lipinski definition) is 0. The highest BCUT2D eigenvalue weighted by molar-refractivity contribution is 5.71. The van der Waals surface area contributed by atoms with Crippen molar-refractivity contribution in [2.75, 3.05) is 13.2 Å². The summed E-state index contributed by atoms with van der Waals surface area (Å²) in [5, 5.41) is 0. The second-order valence-electron chi connectivity index (χ2n) is 22.3. The standard InChI is InChI=1S/C76H126O6/c1-4-7-10-13-16-19-22-25-27-29-30-31-32-33-34-35-36-37-38-39-40-41-42-43-44-45-46-48-49-51-54-57-60-63-66-69-75(78)81-72-73(71-80-74(77)68-65-62-59-56-53-24-21-18-15-12-9-6-3)82-76(79)70-67-64-61-58-55-52-50-47-28-26-23-20-17-14-11-8-5-2/h7-8,10-11,16-17,19-20,25-28,30-31,33-34,36-37,39-40,50,52,73H,4-6,9,12-15,18,21-24,29,32,35,38,41-49,51,53-72H2,1-3H3/b10-7-,11-8-,19-16-,20-17-,27-25-,28-26-,31-30-,34-33-,37-36-,40-39-,52-50-. The minimum atomic E-state index is -0.793. The molecule has 0 bridgehead atoms. The van der Waals surface area contributed by atoms with Crippen LogP contribution in [0.25, 0.3) is 0 Å². The molecule has 0 spiro atoms. The average molecular weight is 1140 g/mol. The van der Waals surface area contributed by atoms with Gasteiger partial charge in [0.1, 0.15) is 13.2 Å². The number of unbranched alkanes of at least 4 members (excludes halogenated alkanes) is 28. The number of carbonyl (C=O) groups excluding carboxylic acids is 3. The summed E-state index contributed by atoms with van der Waals surface area (Å²) in [4.78, 5) is 38.3. The van der Waals surface area contributed by atoms with E-state index in [0.29, 0.717) is 19.3 Å². The van der Waals surface area contributed by atoms with E-state index in [4.69, 9.17) is 14.2 Å². The van der Waals surface area contributed by atoms with E-state index < -0.39 is 6.10 Å². The molecule has 0 aliphatic carbocycles. The number of allylic oxidation sites excluding steroid dienone is 22. The van der Waals surface area contributed by atoms with Crippen LogP contribution in [0.1, 0.15) is 310 Å². The van der Waals surface area contributed by atoms with E-state index in [-0.39, 0.29) is 31.1 Å². The van der Waals surface area contributed by atoms with Crippen LogP contribution in [-0.2, 0) is 28.6 Å². The molecule has 466 valence electrons. The van der Waals surface area contributed by atoms with E-state index in [1.807, 2.05) is 0 Å². The molecule has 0 saturated carbocycles. The Balaban J connectivity index is 4.21. The van der Waals surface area contributed by atoms with Gasteiger partial charge in [-0.2, -0.15) is 0 Å². The molecular formula is C76H126O6. The normalized spacial score (nSPS) is 13.0. The Labute approximate surface area is 506 Å². The molecule has 0 radical (unpaired) electrons. The quantitative estimate of drug-likeness (QED) is 0.0261. The lowest BCUT2D eigenvalue weighted by Gasteiger charge is -2.18. The van der Waals surface area contributed by atoms with Gasteiger partial charge in [-0.05, 0) is 116 Å². The van der Waals surface area contributed by atoms with Crippen molar-refractivity contribution < 1.29 is 28.6 Å². The third-order valence-electron chi connectivity index (χ3n) is 14.4. The Kier molecular flexibility index (Phi) is 65.3. The van der Waals surface area contributed by atoms with Crippen LogP contribution >= 0.6 is 0 Å². The molecule has 0 rings (SSSR count). The molecule has 6 nitrogen and oxygen atoms in total. The molecule has 0 aromatic heterocycles. The van der Waals surface area contributed by atoms with E-state index >= 15 is 0 Å². The number of hydrogen-bond acceptors (Lipinski definition) is 6. The van der Waals surface area contributed by atoms with Gasteiger partial charge in [0, 0.05) is 19.3 Å². The summed E-state index contributed by atoms with van der Waals surface area (Å²) in [7, 11) is 0. The van der Waals surface area contributed by atoms with E-state index in [0.717, 1.165) is 141 Å². The second kappa shape index (κ2) is 69.0. The summed E-state index contributed by atoms with van der Waals surface area (Å²) >= 11 is 0. The summed E-state index contributed by atoms with van der Waals surface area (Å²) in [6.07, 6.45) is 97.6. The maximum atomic E-state index is 12.9. The van der Waals surface area contributed by atoms with Crippen molar-refractivity contribution in [3.05, 3.63) is 134 Å². The van der Waals surface area contributed by atoms with E-state index in [2.05, 4.69) is 154 Å². The van der Waals surface area contributed by atoms with Gasteiger partial charge in [-0.1, -0.05) is 309 Å². The molecule has 0 N–H and O–H groups in total. The smallest absolute Gasteiger partial charge is 0.306 e. The van der Waals surface area contributed by atoms with E-state index in [9.17, 15) is 14.4 Å². The Morgan fingerprint density at radius 3 is 0.744 bits per heavy atom. The van der Waals surface area contributed by atoms with Crippen molar-refractivity contribution in [3.8, 4) is 0 Å². The van der Waals surface area contributed by atoms with Gasteiger partial charge in [-0.15, -0.1) is 0 Å². The van der Waals surface area contributed by atoms with Gasteiger partial charge in [0.15, 0.2) is 6.10 Å². The Morgan fingerprint density at radius 1 is 0.256 bits per heavy atom. The highest BCUT2D eigenvalue weighted by atomic mass is 16.6. The zero-order valence-electron chi connectivity index (χ0n) is 53.5. The van der Waals surface area contributed by atoms with Gasteiger partial charge < -0.3 is 14.2 Å². The summed E-state index contributed by atoms with van der Waals surface area (Å²) < 4.78 is 16.9. The van der Waals surface area contributed by atoms with E-state index in [1.165, 1.54) is 128 Å². The first-order valence-electron chi connectivity index (χ1n) is 34.2. The van der Waals surface area contributed by atoms with Gasteiger partial charge in [0.25, 0.3) is 0 Å². The third kappa shape index (κ3) is 66.4. The number of ether oxygens (including phenoxy) is 3. The molecular weight excluding hydrogens is 1010 g/mol. The maximum absolute atomic E-state index is 12.9. The van der Waals surface area contributed by atoms with Gasteiger partial charge in [-0.3, -0.25) is 14.4 Å². The minimum absolute atomic E-state index is 0.0872. The molecule has 0 aromatic carbocycles. The number of rotatable bonds is 61. The van der Waals surface area contributed by atoms with Gasteiger partial charge in [0.2, 0.25) is 0 Å². The van der Waals surface area contributed by atoms with Gasteiger partial charge in [0.05, 0.1) is 0 Å². The molecule has 1 atom stereocenters. The zero-order chi connectivity index (χ0) is 59.2. The number of esters is 3. The van der Waals surface area contributed by atoms with Crippen LogP contribution in [0.5, 0.6) is 0 Å². The maximum Gasteiger partial charge on any atom is 0.306 e. The van der Waals surface area contributed by atoms with Crippen LogP contribution in [0.3, 0.4) is 0 Å². The molecule has 6 heteroatoms. The first kappa shape index (κ1) is 77.5. The minimum Gasteiger partial charge on any atom is -0.462 e. The lowest BCUT2D eigenvalue weighted by Crippen LogP contribution is -2.30. The lowest BCUT2D eigenvalue weighted by atomic mass is 10.0. The van der Waals surface area contributed by atoms with Crippen molar-refractivity contribution in [1.82, 2.24) is 0 Å². The highest BCUT2D eigenvalue weighted by Gasteiger charge is 2.19. The van der Waals surface area contributed by atoms with Crippen LogP contribution in [0, 0.1) is 0 Å². The molecule has 0 amide bonds. The summed E-state index contributed by atoms with van der Waals surface area (Å²) in [5.41, 5.74) is 0. The summed E-state index contributed by atoms with van der Waals surface area (Å²) in [5.74, 6) is -0.906. The third-order valence-corrected chi connectivity index (χ3v) is 14.4. The SMILES string of the molecule is CC/C=C\C/C=C\C/C=C\C/C=C\C/C=C\C/C=C\C/C=C\CCCCCCCCCCCCCCCC(=O)OCC(COC(=O)CCCCCCCCCCCCCC)OC(=O)CCCCCC/C=C\C/C=C\C/C=C\C/C=C\CC. The average Bonchev–Trinajstić information content (AvgIpc) is 3.47. The van der Waals surface area contributed by atoms with Crippen molar-refractivity contribution in [3.63, 3.8) is 0 Å². The first-order chi connectivity index (χ1) is 40.5. The van der Waals surface area contributed by atoms with Crippen molar-refractivity contribution in [1.29, 1.82) is 0 Å². The van der Waals surface area contributed by atoms with Crippen molar-refractivity contribution in [2.24, 2.45) is 0 Å². The predicted octanol–water partition coefficient (Wildman–Crippen LogP) is 23.7. The fourth-order valence-corrected chi connectivity index (χ4v) is 9.36. The molecule has 0 aliphatic heterocycles. The second-order valence-corrected chi connectivity index (χ2v) is 22.3. The van der Waals surface area contributed by atoms with Crippen molar-refractivity contribution in [2.45, 2.75) is 316 Å². The zero-order valence-corrected chi connectivity index (χ0v) is 53.5. The largest absolute Gasteiger partial charge is 0.462 e. The molecule has 82 heavy (non-hydrogen) atoms. The topological polar surface area (TPSA) is 78.9 Å². The lowest BCUT2D eigenvalue weighted by molar-refractivity contribution is -0.167. The van der Waals surface area contributed by atoms with Gasteiger partial charge >= 0.3 is 17.9 Å². The molecule has 0 saturated heterocycles. The molecule has 1 unspecified atom stereocenters. The monoisotopic (exact) mass is 1130 g/mol. The fourth-order valence-electron chi connectivity index (χ4n) is 9.36. The molecule has 0 aliphatic rings. The van der Waals surface area contributed by atoms with Crippen LogP contribution < -0.4 is 0 Å². The van der Waals surface area contributed by atoms with Crippen LogP contribution in [0.2, 0.25) is 0 Å². The fraction of sp³-hybridized carbons (Fsp3) is 0.671.